The predicted molar refractivity (Wildman–Crippen MR) is 66.0 cm³/mol. The molecule has 2 rings (SSSR count). The Morgan fingerprint density at radius 3 is 3.12 bits per heavy atom. The first-order valence-electron chi connectivity index (χ1n) is 6.19. The molecule has 1 heterocycles. The number of aryl methyl sites for hydroxylation is 1. The summed E-state index contributed by atoms with van der Waals surface area (Å²) in [5, 5.41) is 12.4. The van der Waals surface area contributed by atoms with Crippen molar-refractivity contribution in [1.29, 1.82) is 0 Å². The summed E-state index contributed by atoms with van der Waals surface area (Å²) in [6, 6.07) is 0.174. The molecule has 0 radical (unpaired) electrons. The number of anilines is 1. The number of nitrogens with zero attached hydrogens (tertiary/aromatic N) is 2. The number of hydrogen-bond donors (Lipinski definition) is 2. The third kappa shape index (κ3) is 2.49. The van der Waals surface area contributed by atoms with Crippen LogP contribution in [-0.4, -0.2) is 27.3 Å². The summed E-state index contributed by atoms with van der Waals surface area (Å²) in [4.78, 5) is 16.1. The molecule has 0 amide bonds. The van der Waals surface area contributed by atoms with Gasteiger partial charge < -0.3 is 15.0 Å². The average Bonchev–Trinajstić information content (AvgIpc) is 2.79. The largest absolute Gasteiger partial charge is 0.396 e. The molecule has 1 aliphatic rings. The van der Waals surface area contributed by atoms with Crippen LogP contribution in [0.5, 0.6) is 0 Å². The highest BCUT2D eigenvalue weighted by molar-refractivity contribution is 5.33. The molecule has 2 N–H and O–H groups in total. The van der Waals surface area contributed by atoms with Gasteiger partial charge in [-0.3, -0.25) is 4.79 Å². The summed E-state index contributed by atoms with van der Waals surface area (Å²) < 4.78 is 1.62. The van der Waals surface area contributed by atoms with Crippen LogP contribution in [0.1, 0.15) is 26.2 Å². The van der Waals surface area contributed by atoms with Crippen LogP contribution in [-0.2, 0) is 6.54 Å². The van der Waals surface area contributed by atoms with Gasteiger partial charge >= 0.3 is 0 Å². The van der Waals surface area contributed by atoms with Gasteiger partial charge in [-0.15, -0.1) is 0 Å². The normalized spacial score (nSPS) is 23.9. The molecule has 0 saturated heterocycles. The molecule has 5 heteroatoms. The molecule has 1 aromatic rings. The Hall–Kier alpha value is -1.36. The number of aliphatic hydroxyl groups is 1. The van der Waals surface area contributed by atoms with E-state index in [4.69, 9.17) is 0 Å². The molecule has 1 saturated carbocycles. The van der Waals surface area contributed by atoms with E-state index in [1.54, 1.807) is 17.0 Å². The summed E-state index contributed by atoms with van der Waals surface area (Å²) in [6.45, 7) is 2.74. The van der Waals surface area contributed by atoms with Gasteiger partial charge in [0.1, 0.15) is 0 Å². The molecule has 1 aromatic heterocycles. The van der Waals surface area contributed by atoms with Crippen LogP contribution < -0.4 is 10.9 Å². The number of aromatic nitrogens is 2. The van der Waals surface area contributed by atoms with Gasteiger partial charge in [0, 0.05) is 37.5 Å². The van der Waals surface area contributed by atoms with E-state index in [9.17, 15) is 9.90 Å². The van der Waals surface area contributed by atoms with E-state index in [2.05, 4.69) is 10.3 Å². The van der Waals surface area contributed by atoms with Crippen molar-refractivity contribution in [3.63, 3.8) is 0 Å². The third-order valence-electron chi connectivity index (χ3n) is 3.47. The second kappa shape index (κ2) is 5.31. The first-order valence-corrected chi connectivity index (χ1v) is 6.19. The summed E-state index contributed by atoms with van der Waals surface area (Å²) >= 11 is 0. The molecule has 94 valence electrons. The molecular formula is C12H19N3O2. The van der Waals surface area contributed by atoms with E-state index in [1.165, 1.54) is 0 Å². The molecule has 5 nitrogen and oxygen atoms in total. The molecule has 0 aliphatic heterocycles. The smallest absolute Gasteiger partial charge is 0.293 e. The van der Waals surface area contributed by atoms with E-state index in [0.29, 0.717) is 12.4 Å². The molecule has 0 spiro atoms. The summed E-state index contributed by atoms with van der Waals surface area (Å²) in [5.74, 6) is 0.645. The lowest BCUT2D eigenvalue weighted by Gasteiger charge is -2.19. The van der Waals surface area contributed by atoms with Crippen LogP contribution in [0.3, 0.4) is 0 Å². The Morgan fingerprint density at radius 1 is 1.59 bits per heavy atom. The maximum atomic E-state index is 12.0. The van der Waals surface area contributed by atoms with Crippen LogP contribution in [0.4, 0.5) is 5.82 Å². The van der Waals surface area contributed by atoms with Crippen LogP contribution >= 0.6 is 0 Å². The predicted octanol–water partition coefficient (Wildman–Crippen LogP) is 0.836. The first kappa shape index (κ1) is 12.1. The minimum absolute atomic E-state index is 0.0846. The van der Waals surface area contributed by atoms with Crippen LogP contribution in [0.15, 0.2) is 17.2 Å². The second-order valence-electron chi connectivity index (χ2n) is 4.49. The van der Waals surface area contributed by atoms with Gasteiger partial charge in [-0.2, -0.15) is 0 Å². The highest BCUT2D eigenvalue weighted by Crippen LogP contribution is 2.26. The molecule has 17 heavy (non-hydrogen) atoms. The SMILES string of the molecule is CCn1ccnc(NC2CCCC2CO)c1=O. The molecule has 1 aliphatic carbocycles. The fraction of sp³-hybridized carbons (Fsp3) is 0.667. The molecule has 0 bridgehead atoms. The Bertz CT molecular complexity index is 430. The first-order chi connectivity index (χ1) is 8.26. The van der Waals surface area contributed by atoms with E-state index in [1.807, 2.05) is 6.92 Å². The zero-order chi connectivity index (χ0) is 12.3. The zero-order valence-corrected chi connectivity index (χ0v) is 10.1. The van der Waals surface area contributed by atoms with Crippen LogP contribution in [0, 0.1) is 5.92 Å². The minimum Gasteiger partial charge on any atom is -0.396 e. The zero-order valence-electron chi connectivity index (χ0n) is 10.1. The minimum atomic E-state index is -0.0846. The van der Waals surface area contributed by atoms with E-state index in [0.717, 1.165) is 19.3 Å². The summed E-state index contributed by atoms with van der Waals surface area (Å²) in [7, 11) is 0. The van der Waals surface area contributed by atoms with Gasteiger partial charge in [0.25, 0.3) is 5.56 Å². The Kier molecular flexibility index (Phi) is 3.78. The van der Waals surface area contributed by atoms with E-state index < -0.39 is 0 Å². The topological polar surface area (TPSA) is 67.2 Å². The van der Waals surface area contributed by atoms with Gasteiger partial charge in [-0.25, -0.2) is 4.98 Å². The Morgan fingerprint density at radius 2 is 2.41 bits per heavy atom. The molecule has 1 fully saturated rings. The highest BCUT2D eigenvalue weighted by Gasteiger charge is 2.27. The van der Waals surface area contributed by atoms with E-state index >= 15 is 0 Å². The Balaban J connectivity index is 2.16. The molecule has 0 aromatic carbocycles. The average molecular weight is 237 g/mol. The lowest BCUT2D eigenvalue weighted by Crippen LogP contribution is -2.32. The van der Waals surface area contributed by atoms with Crippen molar-refractivity contribution in [3.8, 4) is 0 Å². The van der Waals surface area contributed by atoms with E-state index in [-0.39, 0.29) is 24.1 Å². The fourth-order valence-corrected chi connectivity index (χ4v) is 2.42. The fourth-order valence-electron chi connectivity index (χ4n) is 2.42. The van der Waals surface area contributed by atoms with Crippen molar-refractivity contribution in [2.24, 2.45) is 5.92 Å². The van der Waals surface area contributed by atoms with Gasteiger partial charge in [-0.1, -0.05) is 6.42 Å². The van der Waals surface area contributed by atoms with Crippen molar-refractivity contribution in [3.05, 3.63) is 22.7 Å². The van der Waals surface area contributed by atoms with Gasteiger partial charge in [-0.05, 0) is 19.8 Å². The van der Waals surface area contributed by atoms with Crippen molar-refractivity contribution in [1.82, 2.24) is 9.55 Å². The van der Waals surface area contributed by atoms with Gasteiger partial charge in [0.05, 0.1) is 0 Å². The second-order valence-corrected chi connectivity index (χ2v) is 4.49. The van der Waals surface area contributed by atoms with Crippen molar-refractivity contribution < 1.29 is 5.11 Å². The van der Waals surface area contributed by atoms with Crippen LogP contribution in [0.2, 0.25) is 0 Å². The van der Waals surface area contributed by atoms with Gasteiger partial charge in [0.15, 0.2) is 5.82 Å². The number of hydrogen-bond acceptors (Lipinski definition) is 4. The Labute approximate surface area is 100 Å². The van der Waals surface area contributed by atoms with Crippen LogP contribution in [0.25, 0.3) is 0 Å². The third-order valence-corrected chi connectivity index (χ3v) is 3.47. The van der Waals surface area contributed by atoms with Gasteiger partial charge in [0.2, 0.25) is 0 Å². The highest BCUT2D eigenvalue weighted by atomic mass is 16.3. The standard InChI is InChI=1S/C12H19N3O2/c1-2-15-7-6-13-11(12(15)17)14-10-5-3-4-9(10)8-16/h6-7,9-10,16H,2-5,8H2,1H3,(H,13,14). The molecule has 2 unspecified atom stereocenters. The summed E-state index contributed by atoms with van der Waals surface area (Å²) in [6.07, 6.45) is 6.43. The maximum Gasteiger partial charge on any atom is 0.293 e. The lowest BCUT2D eigenvalue weighted by molar-refractivity contribution is 0.222. The summed E-state index contributed by atoms with van der Waals surface area (Å²) in [5.41, 5.74) is -0.0846. The molecule has 2 atom stereocenters. The van der Waals surface area contributed by atoms with Crippen molar-refractivity contribution in [2.75, 3.05) is 11.9 Å². The number of rotatable bonds is 4. The quantitative estimate of drug-likeness (QED) is 0.814. The van der Waals surface area contributed by atoms with Crippen molar-refractivity contribution >= 4 is 5.82 Å². The number of aliphatic hydroxyl groups excluding tert-OH is 1. The monoisotopic (exact) mass is 237 g/mol. The molecular weight excluding hydrogens is 218 g/mol. The maximum absolute atomic E-state index is 12.0. The number of nitrogens with one attached hydrogen (secondary N) is 1. The van der Waals surface area contributed by atoms with Crippen molar-refractivity contribution in [2.45, 2.75) is 38.8 Å². The lowest BCUT2D eigenvalue weighted by atomic mass is 10.1.